The summed E-state index contributed by atoms with van der Waals surface area (Å²) >= 11 is 5.89. The van der Waals surface area contributed by atoms with Gasteiger partial charge in [-0.2, -0.15) is 0 Å². The van der Waals surface area contributed by atoms with Crippen molar-refractivity contribution in [1.82, 2.24) is 9.88 Å². The van der Waals surface area contributed by atoms with Gasteiger partial charge in [-0.1, -0.05) is 29.8 Å². The van der Waals surface area contributed by atoms with E-state index in [-0.39, 0.29) is 17.4 Å². The number of hydrogen-bond donors (Lipinski definition) is 1. The van der Waals surface area contributed by atoms with Crippen molar-refractivity contribution in [3.63, 3.8) is 0 Å². The van der Waals surface area contributed by atoms with Crippen molar-refractivity contribution in [3.8, 4) is 0 Å². The number of anilines is 1. The number of pyridine rings is 1. The highest BCUT2D eigenvalue weighted by atomic mass is 35.5. The fourth-order valence-corrected chi connectivity index (χ4v) is 2.20. The number of aromatic nitrogens is 1. The van der Waals surface area contributed by atoms with Crippen LogP contribution in [0.3, 0.4) is 0 Å². The van der Waals surface area contributed by atoms with E-state index in [1.165, 1.54) is 11.1 Å². The first-order chi connectivity index (χ1) is 10.5. The topological polar surface area (TPSA) is 62.3 Å². The molecule has 0 bridgehead atoms. The summed E-state index contributed by atoms with van der Waals surface area (Å²) in [6.45, 7) is 0. The maximum Gasteiger partial charge on any atom is 0.254 e. The number of nitrogens with one attached hydrogen (secondary N) is 1. The Balaban J connectivity index is 2.53. The van der Waals surface area contributed by atoms with Crippen molar-refractivity contribution in [1.29, 1.82) is 0 Å². The fourth-order valence-electron chi connectivity index (χ4n) is 2.05. The van der Waals surface area contributed by atoms with Crippen LogP contribution in [-0.2, 0) is 0 Å². The zero-order chi connectivity index (χ0) is 16.3. The molecule has 0 saturated heterocycles. The van der Waals surface area contributed by atoms with Crippen molar-refractivity contribution in [3.05, 3.63) is 58.4 Å². The molecule has 2 rings (SSSR count). The number of carbonyl (C=O) groups excluding carboxylic acids is 2. The Morgan fingerprint density at radius 3 is 2.41 bits per heavy atom. The number of halogens is 1. The third-order valence-electron chi connectivity index (χ3n) is 3.15. The van der Waals surface area contributed by atoms with E-state index < -0.39 is 0 Å². The smallest absolute Gasteiger partial charge is 0.254 e. The van der Waals surface area contributed by atoms with Gasteiger partial charge in [0, 0.05) is 32.9 Å². The SMILES string of the molecule is CNc1cc(Cl)cnc1C(=O)c1ccccc1C(=O)N(C)C. The Morgan fingerprint density at radius 1 is 1.18 bits per heavy atom. The Kier molecular flexibility index (Phi) is 4.78. The van der Waals surface area contributed by atoms with Crippen molar-refractivity contribution < 1.29 is 9.59 Å². The number of amides is 1. The molecule has 114 valence electrons. The van der Waals surface area contributed by atoms with Crippen LogP contribution in [0, 0.1) is 0 Å². The van der Waals surface area contributed by atoms with E-state index in [9.17, 15) is 9.59 Å². The van der Waals surface area contributed by atoms with Gasteiger partial charge in [0.25, 0.3) is 5.91 Å². The van der Waals surface area contributed by atoms with E-state index in [0.29, 0.717) is 21.8 Å². The Bertz CT molecular complexity index is 729. The minimum Gasteiger partial charge on any atom is -0.386 e. The van der Waals surface area contributed by atoms with Crippen molar-refractivity contribution in [2.24, 2.45) is 0 Å². The first-order valence-electron chi connectivity index (χ1n) is 6.64. The zero-order valence-electron chi connectivity index (χ0n) is 12.6. The van der Waals surface area contributed by atoms with Crippen molar-refractivity contribution in [2.45, 2.75) is 0 Å². The van der Waals surface area contributed by atoms with Gasteiger partial charge in [-0.15, -0.1) is 0 Å². The molecule has 1 aromatic heterocycles. The average molecular weight is 318 g/mol. The van der Waals surface area contributed by atoms with Crippen LogP contribution in [0.2, 0.25) is 5.02 Å². The standard InChI is InChI=1S/C16H16ClN3O2/c1-18-13-8-10(17)9-19-14(13)15(21)11-6-4-5-7-12(11)16(22)20(2)3/h4-9,18H,1-3H3. The molecule has 1 heterocycles. The van der Waals surface area contributed by atoms with Crippen LogP contribution in [0.1, 0.15) is 26.4 Å². The van der Waals surface area contributed by atoms with Gasteiger partial charge in [0.05, 0.1) is 16.3 Å². The highest BCUT2D eigenvalue weighted by Gasteiger charge is 2.22. The largest absolute Gasteiger partial charge is 0.386 e. The van der Waals surface area contributed by atoms with Gasteiger partial charge in [0.1, 0.15) is 5.69 Å². The minimum atomic E-state index is -0.327. The lowest BCUT2D eigenvalue weighted by Gasteiger charge is -2.14. The second-order valence-electron chi connectivity index (χ2n) is 4.87. The monoisotopic (exact) mass is 317 g/mol. The molecule has 1 aromatic carbocycles. The second kappa shape index (κ2) is 6.58. The van der Waals surface area contributed by atoms with Crippen LogP contribution in [0.15, 0.2) is 36.5 Å². The molecule has 1 N–H and O–H groups in total. The van der Waals surface area contributed by atoms with Crippen LogP contribution in [0.4, 0.5) is 5.69 Å². The van der Waals surface area contributed by atoms with Crippen LogP contribution >= 0.6 is 11.6 Å². The molecule has 2 aromatic rings. The molecule has 1 amide bonds. The number of nitrogens with zero attached hydrogens (tertiary/aromatic N) is 2. The van der Waals surface area contributed by atoms with Gasteiger partial charge in [0.15, 0.2) is 0 Å². The van der Waals surface area contributed by atoms with Crippen LogP contribution in [-0.4, -0.2) is 42.7 Å². The summed E-state index contributed by atoms with van der Waals surface area (Å²) in [5, 5.41) is 3.32. The van der Waals surface area contributed by atoms with Gasteiger partial charge in [-0.3, -0.25) is 9.59 Å². The molecule has 0 unspecified atom stereocenters. The lowest BCUT2D eigenvalue weighted by atomic mass is 9.99. The molecule has 0 atom stereocenters. The molecule has 22 heavy (non-hydrogen) atoms. The van der Waals surface area contributed by atoms with E-state index in [0.717, 1.165) is 0 Å². The molecule has 0 saturated carbocycles. The summed E-state index contributed by atoms with van der Waals surface area (Å²) in [5.74, 6) is -0.560. The van der Waals surface area contributed by atoms with Gasteiger partial charge in [-0.25, -0.2) is 4.98 Å². The van der Waals surface area contributed by atoms with Gasteiger partial charge in [0.2, 0.25) is 5.78 Å². The number of ketones is 1. The average Bonchev–Trinajstić information content (AvgIpc) is 2.53. The number of hydrogen-bond acceptors (Lipinski definition) is 4. The quantitative estimate of drug-likeness (QED) is 0.881. The number of carbonyl (C=O) groups is 2. The first-order valence-corrected chi connectivity index (χ1v) is 7.02. The normalized spacial score (nSPS) is 10.2. The summed E-state index contributed by atoms with van der Waals surface area (Å²) in [6, 6.07) is 8.31. The van der Waals surface area contributed by atoms with E-state index >= 15 is 0 Å². The highest BCUT2D eigenvalue weighted by molar-refractivity contribution is 6.31. The minimum absolute atomic E-state index is 0.228. The molecule has 0 spiro atoms. The summed E-state index contributed by atoms with van der Waals surface area (Å²) in [7, 11) is 4.97. The Morgan fingerprint density at radius 2 is 1.82 bits per heavy atom. The summed E-state index contributed by atoms with van der Waals surface area (Å²) in [6.07, 6.45) is 1.41. The molecular weight excluding hydrogens is 302 g/mol. The predicted octanol–water partition coefficient (Wildman–Crippen LogP) is 2.71. The summed E-state index contributed by atoms with van der Waals surface area (Å²) in [4.78, 5) is 30.5. The van der Waals surface area contributed by atoms with Gasteiger partial charge in [-0.05, 0) is 12.1 Å². The molecule has 0 aliphatic rings. The predicted molar refractivity (Wildman–Crippen MR) is 86.7 cm³/mol. The molecule has 0 fully saturated rings. The molecule has 6 heteroatoms. The van der Waals surface area contributed by atoms with E-state index in [1.54, 1.807) is 51.5 Å². The van der Waals surface area contributed by atoms with Crippen LogP contribution < -0.4 is 5.32 Å². The second-order valence-corrected chi connectivity index (χ2v) is 5.31. The van der Waals surface area contributed by atoms with E-state index in [1.807, 2.05) is 0 Å². The molecule has 0 radical (unpaired) electrons. The third-order valence-corrected chi connectivity index (χ3v) is 3.35. The van der Waals surface area contributed by atoms with Crippen molar-refractivity contribution >= 4 is 29.0 Å². The molecule has 0 aliphatic heterocycles. The maximum atomic E-state index is 12.8. The van der Waals surface area contributed by atoms with E-state index in [4.69, 9.17) is 11.6 Å². The Labute approximate surface area is 133 Å². The van der Waals surface area contributed by atoms with Crippen LogP contribution in [0.5, 0.6) is 0 Å². The lowest BCUT2D eigenvalue weighted by molar-refractivity contribution is 0.0822. The van der Waals surface area contributed by atoms with E-state index in [2.05, 4.69) is 10.3 Å². The number of rotatable bonds is 4. The zero-order valence-corrected chi connectivity index (χ0v) is 13.3. The van der Waals surface area contributed by atoms with Crippen molar-refractivity contribution in [2.75, 3.05) is 26.5 Å². The third kappa shape index (κ3) is 3.09. The lowest BCUT2D eigenvalue weighted by Crippen LogP contribution is -2.24. The van der Waals surface area contributed by atoms with Gasteiger partial charge >= 0.3 is 0 Å². The molecular formula is C16H16ClN3O2. The first kappa shape index (κ1) is 16.0. The molecule has 0 aliphatic carbocycles. The number of benzene rings is 1. The maximum absolute atomic E-state index is 12.8. The molecule has 5 nitrogen and oxygen atoms in total. The Hall–Kier alpha value is -2.40. The van der Waals surface area contributed by atoms with Crippen LogP contribution in [0.25, 0.3) is 0 Å². The van der Waals surface area contributed by atoms with Gasteiger partial charge < -0.3 is 10.2 Å². The summed E-state index contributed by atoms with van der Waals surface area (Å²) in [5.41, 5.74) is 1.40. The summed E-state index contributed by atoms with van der Waals surface area (Å²) < 4.78 is 0. The highest BCUT2D eigenvalue weighted by Crippen LogP contribution is 2.22. The fraction of sp³-hybridized carbons (Fsp3) is 0.188.